The van der Waals surface area contributed by atoms with Gasteiger partial charge in [0.2, 0.25) is 5.91 Å². The Kier molecular flexibility index (Phi) is 7.50. The number of rotatable bonds is 8. The number of carbonyl (C=O) groups excluding carboxylic acids is 2. The van der Waals surface area contributed by atoms with Crippen LogP contribution < -0.4 is 9.62 Å². The molecular formula is C24H22ClFN2O4S. The molecule has 0 aliphatic rings. The van der Waals surface area contributed by atoms with Crippen LogP contribution in [-0.2, 0) is 14.8 Å². The minimum absolute atomic E-state index is 0.0399. The number of hydrogen-bond acceptors (Lipinski definition) is 4. The molecule has 0 bridgehead atoms. The Morgan fingerprint density at radius 1 is 0.970 bits per heavy atom. The van der Waals surface area contributed by atoms with Crippen molar-refractivity contribution in [2.24, 2.45) is 0 Å². The van der Waals surface area contributed by atoms with Crippen LogP contribution in [-0.4, -0.2) is 26.7 Å². The smallest absolute Gasteiger partial charge is 0.264 e. The van der Waals surface area contributed by atoms with Gasteiger partial charge in [-0.15, -0.1) is 0 Å². The van der Waals surface area contributed by atoms with Crippen molar-refractivity contribution in [3.63, 3.8) is 0 Å². The second kappa shape index (κ2) is 10.1. The number of hydrogen-bond donors (Lipinski definition) is 1. The molecule has 0 saturated heterocycles. The quantitative estimate of drug-likeness (QED) is 0.463. The van der Waals surface area contributed by atoms with E-state index in [1.165, 1.54) is 67.6 Å². The number of benzene rings is 3. The molecule has 0 heterocycles. The molecule has 1 atom stereocenters. The summed E-state index contributed by atoms with van der Waals surface area (Å²) in [5.74, 6) is -1.12. The van der Waals surface area contributed by atoms with Crippen LogP contribution in [0.3, 0.4) is 0 Å². The first-order chi connectivity index (χ1) is 15.6. The monoisotopic (exact) mass is 488 g/mol. The minimum atomic E-state index is -4.13. The van der Waals surface area contributed by atoms with Gasteiger partial charge in [-0.25, -0.2) is 12.8 Å². The molecule has 0 fully saturated rings. The summed E-state index contributed by atoms with van der Waals surface area (Å²) < 4.78 is 40.9. The fourth-order valence-electron chi connectivity index (χ4n) is 3.16. The Labute approximate surface area is 197 Å². The second-order valence-electron chi connectivity index (χ2n) is 7.41. The van der Waals surface area contributed by atoms with Gasteiger partial charge in [0.25, 0.3) is 10.0 Å². The van der Waals surface area contributed by atoms with Gasteiger partial charge in [0.05, 0.1) is 16.6 Å². The van der Waals surface area contributed by atoms with Crippen LogP contribution in [0.4, 0.5) is 10.1 Å². The fraction of sp³-hybridized carbons (Fsp3) is 0.167. The first-order valence-electron chi connectivity index (χ1n) is 10.0. The van der Waals surface area contributed by atoms with E-state index >= 15 is 0 Å². The molecule has 172 valence electrons. The van der Waals surface area contributed by atoms with Crippen molar-refractivity contribution in [1.82, 2.24) is 5.32 Å². The molecule has 0 spiro atoms. The van der Waals surface area contributed by atoms with Gasteiger partial charge in [0, 0.05) is 10.6 Å². The molecule has 3 aromatic carbocycles. The normalized spacial score (nSPS) is 12.1. The first-order valence-corrected chi connectivity index (χ1v) is 11.8. The Hall–Kier alpha value is -3.23. The van der Waals surface area contributed by atoms with E-state index in [0.717, 1.165) is 4.31 Å². The zero-order valence-electron chi connectivity index (χ0n) is 18.0. The number of nitrogens with one attached hydrogen (secondary N) is 1. The van der Waals surface area contributed by atoms with Gasteiger partial charge in [-0.05, 0) is 80.1 Å². The Balaban J connectivity index is 1.90. The van der Waals surface area contributed by atoms with E-state index in [-0.39, 0.29) is 16.4 Å². The molecule has 6 nitrogen and oxygen atoms in total. The van der Waals surface area contributed by atoms with Crippen molar-refractivity contribution in [3.05, 3.63) is 94.8 Å². The molecule has 0 aliphatic carbocycles. The molecule has 1 amide bonds. The highest BCUT2D eigenvalue weighted by molar-refractivity contribution is 7.92. The maximum Gasteiger partial charge on any atom is 0.264 e. The summed E-state index contributed by atoms with van der Waals surface area (Å²) in [5, 5.41) is 3.11. The number of sulfonamides is 1. The minimum Gasteiger partial charge on any atom is -0.348 e. The standard InChI is InChI=1S/C24H22ClFN2O4S/c1-16(18-3-9-21(26)10-4-18)27-24(30)15-28(22-11-5-19(6-12-22)17(2)29)33(31,32)23-13-7-20(25)8-14-23/h3-14,16H,15H2,1-2H3,(H,27,30)/t16-/m1/s1. The molecule has 0 aromatic heterocycles. The van der Waals surface area contributed by atoms with Crippen LogP contribution in [0.5, 0.6) is 0 Å². The summed E-state index contributed by atoms with van der Waals surface area (Å²) in [7, 11) is -4.13. The maximum absolute atomic E-state index is 13.4. The lowest BCUT2D eigenvalue weighted by molar-refractivity contribution is -0.120. The van der Waals surface area contributed by atoms with Crippen LogP contribution in [0.25, 0.3) is 0 Å². The van der Waals surface area contributed by atoms with Crippen LogP contribution in [0.1, 0.15) is 35.8 Å². The molecule has 33 heavy (non-hydrogen) atoms. The summed E-state index contributed by atoms with van der Waals surface area (Å²) in [4.78, 5) is 24.4. The number of ketones is 1. The lowest BCUT2D eigenvalue weighted by Gasteiger charge is -2.25. The van der Waals surface area contributed by atoms with Crippen LogP contribution in [0, 0.1) is 5.82 Å². The Morgan fingerprint density at radius 3 is 2.09 bits per heavy atom. The zero-order valence-corrected chi connectivity index (χ0v) is 19.5. The summed E-state index contributed by atoms with van der Waals surface area (Å²) in [5.41, 5.74) is 1.30. The van der Waals surface area contributed by atoms with Gasteiger partial charge < -0.3 is 5.32 Å². The number of amides is 1. The molecule has 0 aliphatic heterocycles. The number of nitrogens with zero attached hydrogens (tertiary/aromatic N) is 1. The van der Waals surface area contributed by atoms with E-state index in [1.54, 1.807) is 19.1 Å². The summed E-state index contributed by atoms with van der Waals surface area (Å²) in [6, 6.07) is 16.7. The lowest BCUT2D eigenvalue weighted by Crippen LogP contribution is -2.41. The highest BCUT2D eigenvalue weighted by Gasteiger charge is 2.28. The number of halogens is 2. The van der Waals surface area contributed by atoms with E-state index in [4.69, 9.17) is 11.6 Å². The molecule has 3 rings (SSSR count). The lowest BCUT2D eigenvalue weighted by atomic mass is 10.1. The van der Waals surface area contributed by atoms with Crippen LogP contribution in [0.15, 0.2) is 77.7 Å². The molecule has 0 unspecified atom stereocenters. The average molecular weight is 489 g/mol. The van der Waals surface area contributed by atoms with Gasteiger partial charge in [-0.3, -0.25) is 13.9 Å². The Bertz CT molecular complexity index is 1250. The van der Waals surface area contributed by atoms with Gasteiger partial charge in [-0.1, -0.05) is 23.7 Å². The molecule has 9 heteroatoms. The van der Waals surface area contributed by atoms with Gasteiger partial charge >= 0.3 is 0 Å². The molecule has 3 aromatic rings. The van der Waals surface area contributed by atoms with Crippen LogP contribution >= 0.6 is 11.6 Å². The third-order valence-corrected chi connectivity index (χ3v) is 7.04. The maximum atomic E-state index is 13.4. The summed E-state index contributed by atoms with van der Waals surface area (Å²) in [6.45, 7) is 2.61. The first kappa shape index (κ1) is 24.4. The van der Waals surface area contributed by atoms with Crippen molar-refractivity contribution < 1.29 is 22.4 Å². The predicted molar refractivity (Wildman–Crippen MR) is 125 cm³/mol. The number of anilines is 1. The third kappa shape index (κ3) is 5.97. The molecule has 0 saturated carbocycles. The number of Topliss-reactive ketones (excluding diaryl/α,β-unsaturated/α-hetero) is 1. The van der Waals surface area contributed by atoms with E-state index in [0.29, 0.717) is 16.1 Å². The van der Waals surface area contributed by atoms with Gasteiger partial charge in [0.15, 0.2) is 5.78 Å². The second-order valence-corrected chi connectivity index (χ2v) is 9.71. The van der Waals surface area contributed by atoms with Crippen molar-refractivity contribution in [2.45, 2.75) is 24.8 Å². The predicted octanol–water partition coefficient (Wildman–Crippen LogP) is 4.75. The highest BCUT2D eigenvalue weighted by atomic mass is 35.5. The molecule has 1 N–H and O–H groups in total. The van der Waals surface area contributed by atoms with E-state index < -0.39 is 34.3 Å². The van der Waals surface area contributed by atoms with Crippen LogP contribution in [0.2, 0.25) is 5.02 Å². The Morgan fingerprint density at radius 2 is 1.55 bits per heavy atom. The SMILES string of the molecule is CC(=O)c1ccc(N(CC(=O)N[C@H](C)c2ccc(F)cc2)S(=O)(=O)c2ccc(Cl)cc2)cc1. The van der Waals surface area contributed by atoms with Crippen molar-refractivity contribution in [2.75, 3.05) is 10.8 Å². The van der Waals surface area contributed by atoms with Gasteiger partial charge in [-0.2, -0.15) is 0 Å². The highest BCUT2D eigenvalue weighted by Crippen LogP contribution is 2.25. The van der Waals surface area contributed by atoms with Gasteiger partial charge in [0.1, 0.15) is 12.4 Å². The largest absolute Gasteiger partial charge is 0.348 e. The van der Waals surface area contributed by atoms with E-state index in [9.17, 15) is 22.4 Å². The van der Waals surface area contributed by atoms with Crippen molar-refractivity contribution in [3.8, 4) is 0 Å². The van der Waals surface area contributed by atoms with Crippen molar-refractivity contribution >= 4 is 39.0 Å². The zero-order chi connectivity index (χ0) is 24.2. The van der Waals surface area contributed by atoms with E-state index in [2.05, 4.69) is 5.32 Å². The average Bonchev–Trinajstić information content (AvgIpc) is 2.78. The van der Waals surface area contributed by atoms with E-state index in [1.807, 2.05) is 0 Å². The summed E-state index contributed by atoms with van der Waals surface area (Å²) in [6.07, 6.45) is 0. The molecule has 0 radical (unpaired) electrons. The number of carbonyl (C=O) groups is 2. The van der Waals surface area contributed by atoms with Crippen molar-refractivity contribution in [1.29, 1.82) is 0 Å². The topological polar surface area (TPSA) is 83.6 Å². The molecular weight excluding hydrogens is 467 g/mol. The third-order valence-electron chi connectivity index (χ3n) is 5.00. The summed E-state index contributed by atoms with van der Waals surface area (Å²) >= 11 is 5.89. The fourth-order valence-corrected chi connectivity index (χ4v) is 4.71.